The maximum Gasteiger partial charge on any atom is 0.220 e. The lowest BCUT2D eigenvalue weighted by atomic mass is 9.76. The zero-order valence-corrected chi connectivity index (χ0v) is 20.3. The van der Waals surface area contributed by atoms with E-state index in [4.69, 9.17) is 11.6 Å². The molecule has 33 heavy (non-hydrogen) atoms. The van der Waals surface area contributed by atoms with E-state index in [0.29, 0.717) is 23.6 Å². The van der Waals surface area contributed by atoms with Crippen LogP contribution in [0, 0.1) is 5.92 Å². The number of likely N-dealkylation sites (tertiary alicyclic amines) is 1. The van der Waals surface area contributed by atoms with Crippen LogP contribution in [0.4, 0.5) is 0 Å². The van der Waals surface area contributed by atoms with E-state index in [1.165, 1.54) is 18.2 Å². The fourth-order valence-electron chi connectivity index (χ4n) is 5.31. The molecule has 1 N–H and O–H groups in total. The number of rotatable bonds is 5. The average molecular weight is 490 g/mol. The number of benzene rings is 2. The summed E-state index contributed by atoms with van der Waals surface area (Å²) < 4.78 is 28.2. The first-order chi connectivity index (χ1) is 15.6. The van der Waals surface area contributed by atoms with Crippen molar-refractivity contribution in [2.45, 2.75) is 37.6 Å². The summed E-state index contributed by atoms with van der Waals surface area (Å²) in [5.41, 5.74) is 0.872. The highest BCUT2D eigenvalue weighted by molar-refractivity contribution is 7.88. The number of amides is 2. The third kappa shape index (κ3) is 4.78. The standard InChI is InChI=1S/C24H28ClN3O4S/c1-17(29)26-24-11-12-27(33(31,32)15-19-7-6-10-21(25)13-19)14-22(24)23(28(16-24)18(2)30)20-8-4-3-5-9-20/h3-10,13,22-23H,11-12,14-16H2,1-2H3,(H,26,29)/t22-,23-,24-/m1/s1. The fraction of sp³-hybridized carbons (Fsp3) is 0.417. The second-order valence-corrected chi connectivity index (χ2v) is 11.3. The molecule has 2 saturated heterocycles. The molecule has 4 rings (SSSR count). The number of hydrogen-bond acceptors (Lipinski definition) is 4. The van der Waals surface area contributed by atoms with E-state index in [1.54, 1.807) is 29.2 Å². The van der Waals surface area contributed by atoms with Crippen molar-refractivity contribution in [2.75, 3.05) is 19.6 Å². The lowest BCUT2D eigenvalue weighted by molar-refractivity contribution is -0.130. The van der Waals surface area contributed by atoms with Gasteiger partial charge in [-0.2, -0.15) is 0 Å². The van der Waals surface area contributed by atoms with E-state index in [-0.39, 0.29) is 42.6 Å². The molecule has 2 aromatic carbocycles. The number of sulfonamides is 1. The molecule has 0 saturated carbocycles. The molecule has 176 valence electrons. The maximum absolute atomic E-state index is 13.4. The minimum absolute atomic E-state index is 0.101. The van der Waals surface area contributed by atoms with Crippen molar-refractivity contribution < 1.29 is 18.0 Å². The van der Waals surface area contributed by atoms with Gasteiger partial charge in [-0.25, -0.2) is 12.7 Å². The highest BCUT2D eigenvalue weighted by atomic mass is 35.5. The summed E-state index contributed by atoms with van der Waals surface area (Å²) in [5.74, 6) is -0.723. The first-order valence-electron chi connectivity index (χ1n) is 10.9. The lowest BCUT2D eigenvalue weighted by Crippen LogP contribution is -2.61. The topological polar surface area (TPSA) is 86.8 Å². The monoisotopic (exact) mass is 489 g/mol. The number of piperidine rings is 1. The Labute approximate surface area is 199 Å². The van der Waals surface area contributed by atoms with Gasteiger partial charge in [-0.3, -0.25) is 9.59 Å². The van der Waals surface area contributed by atoms with Crippen LogP contribution in [0.25, 0.3) is 0 Å². The van der Waals surface area contributed by atoms with Crippen LogP contribution in [0.2, 0.25) is 5.02 Å². The summed E-state index contributed by atoms with van der Waals surface area (Å²) in [7, 11) is -3.63. The molecule has 0 radical (unpaired) electrons. The van der Waals surface area contributed by atoms with Gasteiger partial charge in [0.2, 0.25) is 21.8 Å². The summed E-state index contributed by atoms with van der Waals surface area (Å²) in [5, 5.41) is 3.59. The fourth-order valence-corrected chi connectivity index (χ4v) is 7.06. The highest BCUT2D eigenvalue weighted by Gasteiger charge is 2.57. The minimum Gasteiger partial charge on any atom is -0.349 e. The predicted octanol–water partition coefficient (Wildman–Crippen LogP) is 2.97. The second kappa shape index (κ2) is 9.08. The smallest absolute Gasteiger partial charge is 0.220 e. The van der Waals surface area contributed by atoms with Crippen LogP contribution in [0.5, 0.6) is 0 Å². The number of nitrogens with zero attached hydrogens (tertiary/aromatic N) is 2. The van der Waals surface area contributed by atoms with E-state index in [9.17, 15) is 18.0 Å². The van der Waals surface area contributed by atoms with Crippen LogP contribution in [0.1, 0.15) is 37.4 Å². The summed E-state index contributed by atoms with van der Waals surface area (Å²) in [6.07, 6.45) is 0.430. The predicted molar refractivity (Wildman–Crippen MR) is 127 cm³/mol. The summed E-state index contributed by atoms with van der Waals surface area (Å²) in [4.78, 5) is 26.6. The van der Waals surface area contributed by atoms with Gasteiger partial charge < -0.3 is 10.2 Å². The van der Waals surface area contributed by atoms with Gasteiger partial charge >= 0.3 is 0 Å². The van der Waals surface area contributed by atoms with Gasteiger partial charge in [0.05, 0.1) is 17.3 Å². The molecule has 9 heteroatoms. The second-order valence-electron chi connectivity index (χ2n) is 8.94. The Morgan fingerprint density at radius 2 is 1.85 bits per heavy atom. The van der Waals surface area contributed by atoms with Gasteiger partial charge in [0.25, 0.3) is 0 Å². The van der Waals surface area contributed by atoms with Crippen molar-refractivity contribution in [1.82, 2.24) is 14.5 Å². The molecule has 3 atom stereocenters. The van der Waals surface area contributed by atoms with E-state index in [0.717, 1.165) is 5.56 Å². The quantitative estimate of drug-likeness (QED) is 0.699. The zero-order chi connectivity index (χ0) is 23.8. The number of nitrogens with one attached hydrogen (secondary N) is 1. The molecule has 2 fully saturated rings. The van der Waals surface area contributed by atoms with Crippen molar-refractivity contribution in [3.63, 3.8) is 0 Å². The maximum atomic E-state index is 13.4. The molecule has 7 nitrogen and oxygen atoms in total. The summed E-state index contributed by atoms with van der Waals surface area (Å²) in [6, 6.07) is 16.1. The average Bonchev–Trinajstić information content (AvgIpc) is 3.08. The van der Waals surface area contributed by atoms with Crippen LogP contribution < -0.4 is 5.32 Å². The molecule has 0 unspecified atom stereocenters. The minimum atomic E-state index is -3.63. The number of halogens is 1. The van der Waals surface area contributed by atoms with Crippen LogP contribution in [0.3, 0.4) is 0 Å². The van der Waals surface area contributed by atoms with Crippen LogP contribution in [0.15, 0.2) is 54.6 Å². The first-order valence-corrected chi connectivity index (χ1v) is 12.9. The molecule has 0 aromatic heterocycles. The number of carbonyl (C=O) groups excluding carboxylic acids is 2. The number of fused-ring (bicyclic) bond motifs is 1. The first kappa shape index (κ1) is 23.7. The normalized spacial score (nSPS) is 25.5. The SMILES string of the molecule is CC(=O)N[C@@]12CCN(S(=O)(=O)Cc3cccc(Cl)c3)C[C@@H]1[C@@H](c1ccccc1)N(C(C)=O)C2. The van der Waals surface area contributed by atoms with Crippen molar-refractivity contribution in [3.05, 3.63) is 70.7 Å². The molecular formula is C24H28ClN3O4S. The zero-order valence-electron chi connectivity index (χ0n) is 18.7. The Balaban J connectivity index is 1.70. The van der Waals surface area contributed by atoms with Gasteiger partial charge in [-0.1, -0.05) is 54.1 Å². The highest BCUT2D eigenvalue weighted by Crippen LogP contribution is 2.48. The van der Waals surface area contributed by atoms with E-state index < -0.39 is 15.6 Å². The Kier molecular flexibility index (Phi) is 6.53. The molecule has 2 heterocycles. The van der Waals surface area contributed by atoms with E-state index >= 15 is 0 Å². The van der Waals surface area contributed by atoms with Gasteiger partial charge in [-0.15, -0.1) is 0 Å². The number of carbonyl (C=O) groups is 2. The lowest BCUT2D eigenvalue weighted by Gasteiger charge is -2.44. The third-order valence-corrected chi connectivity index (χ3v) is 8.74. The molecule has 2 aliphatic heterocycles. The summed E-state index contributed by atoms with van der Waals surface area (Å²) >= 11 is 6.05. The molecular weight excluding hydrogens is 462 g/mol. The Hall–Kier alpha value is -2.42. The molecule has 0 bridgehead atoms. The Bertz CT molecular complexity index is 1160. The summed E-state index contributed by atoms with van der Waals surface area (Å²) in [6.45, 7) is 3.82. The Morgan fingerprint density at radius 3 is 2.48 bits per heavy atom. The Morgan fingerprint density at radius 1 is 1.12 bits per heavy atom. The molecule has 0 aliphatic carbocycles. The third-order valence-electron chi connectivity index (χ3n) is 6.69. The van der Waals surface area contributed by atoms with Crippen LogP contribution in [-0.2, 0) is 25.4 Å². The van der Waals surface area contributed by atoms with Crippen molar-refractivity contribution in [1.29, 1.82) is 0 Å². The van der Waals surface area contributed by atoms with E-state index in [1.807, 2.05) is 30.3 Å². The molecule has 0 spiro atoms. The van der Waals surface area contributed by atoms with Gasteiger partial charge in [0, 0.05) is 44.4 Å². The number of hydrogen-bond donors (Lipinski definition) is 1. The van der Waals surface area contributed by atoms with E-state index in [2.05, 4.69) is 5.32 Å². The largest absolute Gasteiger partial charge is 0.349 e. The molecule has 2 aromatic rings. The van der Waals surface area contributed by atoms with Gasteiger partial charge in [0.15, 0.2) is 0 Å². The molecule has 2 aliphatic rings. The van der Waals surface area contributed by atoms with Gasteiger partial charge in [-0.05, 0) is 29.7 Å². The van der Waals surface area contributed by atoms with Crippen molar-refractivity contribution in [2.24, 2.45) is 5.92 Å². The van der Waals surface area contributed by atoms with Crippen molar-refractivity contribution in [3.8, 4) is 0 Å². The van der Waals surface area contributed by atoms with Crippen LogP contribution in [-0.4, -0.2) is 54.6 Å². The van der Waals surface area contributed by atoms with Gasteiger partial charge in [0.1, 0.15) is 0 Å². The van der Waals surface area contributed by atoms with Crippen LogP contribution >= 0.6 is 11.6 Å². The molecule has 2 amide bonds. The van der Waals surface area contributed by atoms with Crippen molar-refractivity contribution >= 4 is 33.4 Å².